The van der Waals surface area contributed by atoms with Crippen LogP contribution in [0.15, 0.2) is 77.7 Å². The molecule has 0 unspecified atom stereocenters. The van der Waals surface area contributed by atoms with Gasteiger partial charge in [-0.1, -0.05) is 30.3 Å². The van der Waals surface area contributed by atoms with Gasteiger partial charge in [-0.25, -0.2) is 8.42 Å². The van der Waals surface area contributed by atoms with Crippen LogP contribution < -0.4 is 14.8 Å². The molecule has 0 aliphatic carbocycles. The van der Waals surface area contributed by atoms with E-state index < -0.39 is 10.0 Å². The van der Waals surface area contributed by atoms with Gasteiger partial charge in [-0.3, -0.25) is 4.72 Å². The third kappa shape index (κ3) is 3.36. The third-order valence-corrected chi connectivity index (χ3v) is 5.56. The Kier molecular flexibility index (Phi) is 4.26. The number of para-hydroxylation sites is 3. The number of rotatable bonds is 5. The van der Waals surface area contributed by atoms with E-state index in [0.717, 1.165) is 24.2 Å². The highest BCUT2D eigenvalue weighted by atomic mass is 32.2. The van der Waals surface area contributed by atoms with E-state index in [4.69, 9.17) is 4.74 Å². The maximum absolute atomic E-state index is 12.8. The van der Waals surface area contributed by atoms with Crippen molar-refractivity contribution in [1.82, 2.24) is 0 Å². The Morgan fingerprint density at radius 1 is 0.923 bits per heavy atom. The molecule has 0 saturated heterocycles. The Labute approximate surface area is 152 Å². The molecule has 3 aromatic rings. The highest BCUT2D eigenvalue weighted by Crippen LogP contribution is 2.32. The summed E-state index contributed by atoms with van der Waals surface area (Å²) in [5, 5.41) is 3.23. The fourth-order valence-corrected chi connectivity index (χ4v) is 4.03. The predicted molar refractivity (Wildman–Crippen MR) is 102 cm³/mol. The molecular weight excluding hydrogens is 348 g/mol. The minimum atomic E-state index is -3.71. The number of anilines is 2. The fourth-order valence-electron chi connectivity index (χ4n) is 2.91. The van der Waals surface area contributed by atoms with E-state index in [-0.39, 0.29) is 4.90 Å². The van der Waals surface area contributed by atoms with Crippen LogP contribution in [-0.2, 0) is 16.4 Å². The lowest BCUT2D eigenvalue weighted by Crippen LogP contribution is -2.13. The van der Waals surface area contributed by atoms with E-state index >= 15 is 0 Å². The Balaban J connectivity index is 1.62. The van der Waals surface area contributed by atoms with E-state index in [1.807, 2.05) is 36.4 Å². The second-order valence-electron chi connectivity index (χ2n) is 6.01. The van der Waals surface area contributed by atoms with Gasteiger partial charge in [0.1, 0.15) is 5.75 Å². The second-order valence-corrected chi connectivity index (χ2v) is 7.69. The molecular formula is C20H18N2O3S. The van der Waals surface area contributed by atoms with Crippen LogP contribution in [0.3, 0.4) is 0 Å². The standard InChI is InChI=1S/C20H18N2O3S/c23-26(24,17-10-11-18-15(14-17)12-13-21-18)22-19-8-4-5-9-20(19)25-16-6-2-1-3-7-16/h1-11,14,21-22H,12-13H2. The lowest BCUT2D eigenvalue weighted by Gasteiger charge is -2.14. The zero-order chi connectivity index (χ0) is 18.0. The van der Waals surface area contributed by atoms with Crippen molar-refractivity contribution in [2.24, 2.45) is 0 Å². The Bertz CT molecular complexity index is 1030. The molecule has 132 valence electrons. The molecule has 6 heteroatoms. The summed E-state index contributed by atoms with van der Waals surface area (Å²) in [6.07, 6.45) is 0.826. The van der Waals surface area contributed by atoms with Gasteiger partial charge in [0.15, 0.2) is 5.75 Å². The van der Waals surface area contributed by atoms with Crippen molar-refractivity contribution in [2.45, 2.75) is 11.3 Å². The average molecular weight is 366 g/mol. The van der Waals surface area contributed by atoms with E-state index in [9.17, 15) is 8.42 Å². The van der Waals surface area contributed by atoms with Crippen LogP contribution in [0.25, 0.3) is 0 Å². The van der Waals surface area contributed by atoms with Gasteiger partial charge in [-0.2, -0.15) is 0 Å². The maximum Gasteiger partial charge on any atom is 0.262 e. The minimum Gasteiger partial charge on any atom is -0.455 e. The van der Waals surface area contributed by atoms with Crippen molar-refractivity contribution in [3.63, 3.8) is 0 Å². The number of nitrogens with one attached hydrogen (secondary N) is 2. The average Bonchev–Trinajstić information content (AvgIpc) is 3.12. The first-order chi connectivity index (χ1) is 12.6. The van der Waals surface area contributed by atoms with Gasteiger partial charge in [-0.15, -0.1) is 0 Å². The number of ether oxygens (including phenoxy) is 1. The molecule has 0 radical (unpaired) electrons. The fraction of sp³-hybridized carbons (Fsp3) is 0.100. The molecule has 3 aromatic carbocycles. The van der Waals surface area contributed by atoms with Crippen LogP contribution in [0.5, 0.6) is 11.5 Å². The number of benzene rings is 3. The molecule has 0 amide bonds. The first kappa shape index (κ1) is 16.5. The van der Waals surface area contributed by atoms with Crippen molar-refractivity contribution >= 4 is 21.4 Å². The Morgan fingerprint density at radius 2 is 1.69 bits per heavy atom. The molecule has 2 N–H and O–H groups in total. The summed E-state index contributed by atoms with van der Waals surface area (Å²) in [5.74, 6) is 1.09. The number of fused-ring (bicyclic) bond motifs is 1. The Hall–Kier alpha value is -2.99. The molecule has 0 spiro atoms. The smallest absolute Gasteiger partial charge is 0.262 e. The van der Waals surface area contributed by atoms with Crippen LogP contribution in [0, 0.1) is 0 Å². The molecule has 5 nitrogen and oxygen atoms in total. The maximum atomic E-state index is 12.8. The van der Waals surface area contributed by atoms with Gasteiger partial charge in [0.25, 0.3) is 10.0 Å². The number of hydrogen-bond donors (Lipinski definition) is 2. The highest BCUT2D eigenvalue weighted by molar-refractivity contribution is 7.92. The van der Waals surface area contributed by atoms with Crippen LogP contribution in [0.1, 0.15) is 5.56 Å². The summed E-state index contributed by atoms with van der Waals surface area (Å²) in [4.78, 5) is 0.245. The lowest BCUT2D eigenvalue weighted by molar-refractivity contribution is 0.485. The molecule has 0 fully saturated rings. The summed E-state index contributed by atoms with van der Waals surface area (Å²) in [6, 6.07) is 21.4. The molecule has 0 bridgehead atoms. The molecule has 1 aliphatic rings. The zero-order valence-corrected chi connectivity index (χ0v) is 14.8. The predicted octanol–water partition coefficient (Wildman–Crippen LogP) is 4.25. The van der Waals surface area contributed by atoms with Gasteiger partial charge < -0.3 is 10.1 Å². The van der Waals surface area contributed by atoms with Crippen molar-refractivity contribution in [2.75, 3.05) is 16.6 Å². The monoisotopic (exact) mass is 366 g/mol. The number of sulfonamides is 1. The highest BCUT2D eigenvalue weighted by Gasteiger charge is 2.20. The molecule has 0 aromatic heterocycles. The van der Waals surface area contributed by atoms with Crippen molar-refractivity contribution < 1.29 is 13.2 Å². The molecule has 26 heavy (non-hydrogen) atoms. The molecule has 1 heterocycles. The Morgan fingerprint density at radius 3 is 2.54 bits per heavy atom. The third-order valence-electron chi connectivity index (χ3n) is 4.20. The molecule has 4 rings (SSSR count). The van der Waals surface area contributed by atoms with Gasteiger partial charge >= 0.3 is 0 Å². The summed E-state index contributed by atoms with van der Waals surface area (Å²) >= 11 is 0. The summed E-state index contributed by atoms with van der Waals surface area (Å²) < 4.78 is 34.1. The first-order valence-electron chi connectivity index (χ1n) is 8.33. The van der Waals surface area contributed by atoms with Crippen molar-refractivity contribution in [1.29, 1.82) is 0 Å². The van der Waals surface area contributed by atoms with Crippen LogP contribution in [0.4, 0.5) is 11.4 Å². The molecule has 1 aliphatic heterocycles. The van der Waals surface area contributed by atoms with Gasteiger partial charge in [0, 0.05) is 12.2 Å². The topological polar surface area (TPSA) is 67.4 Å². The first-order valence-corrected chi connectivity index (χ1v) is 9.82. The van der Waals surface area contributed by atoms with E-state index in [2.05, 4.69) is 10.0 Å². The molecule has 0 saturated carbocycles. The number of hydrogen-bond acceptors (Lipinski definition) is 4. The van der Waals surface area contributed by atoms with Crippen LogP contribution >= 0.6 is 0 Å². The van der Waals surface area contributed by atoms with Gasteiger partial charge in [0.2, 0.25) is 0 Å². The molecule has 0 atom stereocenters. The lowest BCUT2D eigenvalue weighted by atomic mass is 10.2. The largest absolute Gasteiger partial charge is 0.455 e. The summed E-state index contributed by atoms with van der Waals surface area (Å²) in [7, 11) is -3.71. The minimum absolute atomic E-state index is 0.245. The quantitative estimate of drug-likeness (QED) is 0.708. The normalized spacial score (nSPS) is 12.9. The van der Waals surface area contributed by atoms with Crippen LogP contribution in [0.2, 0.25) is 0 Å². The van der Waals surface area contributed by atoms with E-state index in [0.29, 0.717) is 17.2 Å². The SMILES string of the molecule is O=S(=O)(Nc1ccccc1Oc1ccccc1)c1ccc2c(c1)CCN2. The second kappa shape index (κ2) is 6.72. The zero-order valence-electron chi connectivity index (χ0n) is 14.0. The van der Waals surface area contributed by atoms with E-state index in [1.54, 1.807) is 36.4 Å². The van der Waals surface area contributed by atoms with Crippen LogP contribution in [-0.4, -0.2) is 15.0 Å². The van der Waals surface area contributed by atoms with Gasteiger partial charge in [-0.05, 0) is 54.4 Å². The van der Waals surface area contributed by atoms with Crippen molar-refractivity contribution in [3.05, 3.63) is 78.4 Å². The summed E-state index contributed by atoms with van der Waals surface area (Å²) in [5.41, 5.74) is 2.41. The van der Waals surface area contributed by atoms with Gasteiger partial charge in [0.05, 0.1) is 10.6 Å². The summed E-state index contributed by atoms with van der Waals surface area (Å²) in [6.45, 7) is 0.833. The van der Waals surface area contributed by atoms with E-state index in [1.165, 1.54) is 0 Å². The van der Waals surface area contributed by atoms with Crippen molar-refractivity contribution in [3.8, 4) is 11.5 Å².